The van der Waals surface area contributed by atoms with E-state index in [0.29, 0.717) is 11.4 Å². The summed E-state index contributed by atoms with van der Waals surface area (Å²) in [5.74, 6) is -0.866. The van der Waals surface area contributed by atoms with Crippen LogP contribution < -0.4 is 5.69 Å². The minimum absolute atomic E-state index is 0.150. The van der Waals surface area contributed by atoms with E-state index in [4.69, 9.17) is 5.11 Å². The van der Waals surface area contributed by atoms with Gasteiger partial charge < -0.3 is 10.1 Å². The highest BCUT2D eigenvalue weighted by molar-refractivity contribution is 5.90. The number of carboxylic acids is 1. The van der Waals surface area contributed by atoms with Crippen molar-refractivity contribution >= 4 is 5.97 Å². The van der Waals surface area contributed by atoms with Crippen molar-refractivity contribution < 1.29 is 9.90 Å². The van der Waals surface area contributed by atoms with E-state index in [1.807, 2.05) is 0 Å². The number of aryl methyl sites for hydroxylation is 1. The highest BCUT2D eigenvalue weighted by atomic mass is 16.4. The van der Waals surface area contributed by atoms with E-state index in [1.54, 1.807) is 6.92 Å². The topological polar surface area (TPSA) is 83.0 Å². The van der Waals surface area contributed by atoms with Crippen LogP contribution in [0.3, 0.4) is 0 Å². The highest BCUT2D eigenvalue weighted by Gasteiger charge is 2.27. The highest BCUT2D eigenvalue weighted by Crippen LogP contribution is 2.36. The van der Waals surface area contributed by atoms with Crippen LogP contribution in [-0.2, 0) is 0 Å². The lowest BCUT2D eigenvalue weighted by Gasteiger charge is -2.25. The number of aromatic carboxylic acids is 1. The summed E-state index contributed by atoms with van der Waals surface area (Å²) in [5.41, 5.74) is 0.554. The van der Waals surface area contributed by atoms with Gasteiger partial charge in [-0.3, -0.25) is 0 Å². The molecule has 0 amide bonds. The van der Waals surface area contributed by atoms with Crippen molar-refractivity contribution in [3.8, 4) is 0 Å². The van der Waals surface area contributed by atoms with Gasteiger partial charge in [0.1, 0.15) is 5.56 Å². The molecule has 15 heavy (non-hydrogen) atoms. The number of hydrogen-bond donors (Lipinski definition) is 2. The van der Waals surface area contributed by atoms with Crippen molar-refractivity contribution in [2.75, 3.05) is 0 Å². The molecule has 1 aliphatic carbocycles. The third kappa shape index (κ3) is 1.65. The van der Waals surface area contributed by atoms with Crippen LogP contribution in [0.25, 0.3) is 0 Å². The zero-order chi connectivity index (χ0) is 11.0. The number of H-pyrrole nitrogens is 1. The molecule has 0 spiro atoms. The van der Waals surface area contributed by atoms with Crippen LogP contribution in [0.15, 0.2) is 4.79 Å². The molecule has 5 heteroatoms. The number of aromatic amines is 1. The summed E-state index contributed by atoms with van der Waals surface area (Å²) in [4.78, 5) is 28.4. The van der Waals surface area contributed by atoms with Gasteiger partial charge in [-0.25, -0.2) is 9.59 Å². The first-order valence-electron chi connectivity index (χ1n) is 4.93. The molecule has 2 N–H and O–H groups in total. The fraction of sp³-hybridized carbons (Fsp3) is 0.500. The van der Waals surface area contributed by atoms with Crippen molar-refractivity contribution in [1.29, 1.82) is 0 Å². The SMILES string of the molecule is Cc1[nH]c(=O)nc(C2CCC2)c1C(=O)O. The van der Waals surface area contributed by atoms with Crippen molar-refractivity contribution in [2.45, 2.75) is 32.1 Å². The first-order chi connectivity index (χ1) is 7.09. The predicted octanol–water partition coefficient (Wildman–Crippen LogP) is 1.04. The molecule has 1 aromatic heterocycles. The average molecular weight is 208 g/mol. The summed E-state index contributed by atoms with van der Waals surface area (Å²) in [6.07, 6.45) is 2.93. The van der Waals surface area contributed by atoms with E-state index >= 15 is 0 Å². The number of nitrogens with one attached hydrogen (secondary N) is 1. The summed E-state index contributed by atoms with van der Waals surface area (Å²) >= 11 is 0. The lowest BCUT2D eigenvalue weighted by molar-refractivity contribution is 0.0692. The van der Waals surface area contributed by atoms with Crippen molar-refractivity contribution in [3.05, 3.63) is 27.4 Å². The third-order valence-corrected chi connectivity index (χ3v) is 2.85. The van der Waals surface area contributed by atoms with Crippen molar-refractivity contribution in [2.24, 2.45) is 0 Å². The number of nitrogens with zero attached hydrogens (tertiary/aromatic N) is 1. The van der Waals surface area contributed by atoms with Gasteiger partial charge in [-0.1, -0.05) is 6.42 Å². The Labute approximate surface area is 86.2 Å². The molecule has 0 aliphatic heterocycles. The monoisotopic (exact) mass is 208 g/mol. The molecule has 0 saturated heterocycles. The Morgan fingerprint density at radius 3 is 2.67 bits per heavy atom. The van der Waals surface area contributed by atoms with Crippen LogP contribution in [-0.4, -0.2) is 21.0 Å². The first kappa shape index (κ1) is 9.89. The molecule has 1 aliphatic rings. The molecule has 0 unspecified atom stereocenters. The minimum Gasteiger partial charge on any atom is -0.478 e. The van der Waals surface area contributed by atoms with Crippen molar-refractivity contribution in [1.82, 2.24) is 9.97 Å². The molecule has 1 saturated carbocycles. The van der Waals surface area contributed by atoms with E-state index in [2.05, 4.69) is 9.97 Å². The van der Waals surface area contributed by atoms with Crippen LogP contribution >= 0.6 is 0 Å². The van der Waals surface area contributed by atoms with Crippen LogP contribution in [0.2, 0.25) is 0 Å². The van der Waals surface area contributed by atoms with Gasteiger partial charge in [0, 0.05) is 11.6 Å². The van der Waals surface area contributed by atoms with E-state index in [9.17, 15) is 9.59 Å². The Kier molecular flexibility index (Phi) is 2.30. The second kappa shape index (κ2) is 3.49. The van der Waals surface area contributed by atoms with E-state index in [-0.39, 0.29) is 11.5 Å². The largest absolute Gasteiger partial charge is 0.478 e. The molecule has 0 bridgehead atoms. The quantitative estimate of drug-likeness (QED) is 0.760. The van der Waals surface area contributed by atoms with Gasteiger partial charge in [0.15, 0.2) is 0 Å². The third-order valence-electron chi connectivity index (χ3n) is 2.85. The standard InChI is InChI=1S/C10H12N2O3/c1-5-7(9(13)14)8(6-3-2-4-6)12-10(15)11-5/h6H,2-4H2,1H3,(H,13,14)(H,11,12,15). The second-order valence-corrected chi connectivity index (χ2v) is 3.86. The van der Waals surface area contributed by atoms with E-state index < -0.39 is 11.7 Å². The fourth-order valence-corrected chi connectivity index (χ4v) is 1.86. The van der Waals surface area contributed by atoms with Crippen LogP contribution in [0.1, 0.15) is 46.9 Å². The van der Waals surface area contributed by atoms with E-state index in [0.717, 1.165) is 19.3 Å². The first-order valence-corrected chi connectivity index (χ1v) is 4.93. The van der Waals surface area contributed by atoms with Gasteiger partial charge in [0.05, 0.1) is 5.69 Å². The lowest BCUT2D eigenvalue weighted by Crippen LogP contribution is -2.24. The van der Waals surface area contributed by atoms with Gasteiger partial charge in [-0.2, -0.15) is 4.98 Å². The predicted molar refractivity (Wildman–Crippen MR) is 53.1 cm³/mol. The number of rotatable bonds is 2. The molecule has 0 radical (unpaired) electrons. The van der Waals surface area contributed by atoms with Gasteiger partial charge in [-0.15, -0.1) is 0 Å². The molecule has 2 rings (SSSR count). The number of carbonyl (C=O) groups is 1. The molecular weight excluding hydrogens is 196 g/mol. The van der Waals surface area contributed by atoms with Crippen molar-refractivity contribution in [3.63, 3.8) is 0 Å². The van der Waals surface area contributed by atoms with Gasteiger partial charge in [0.25, 0.3) is 0 Å². The maximum absolute atomic E-state index is 11.2. The Hall–Kier alpha value is -1.65. The zero-order valence-electron chi connectivity index (χ0n) is 8.41. The summed E-state index contributed by atoms with van der Waals surface area (Å²) in [6.45, 7) is 1.59. The molecule has 5 nitrogen and oxygen atoms in total. The minimum atomic E-state index is -1.02. The summed E-state index contributed by atoms with van der Waals surface area (Å²) < 4.78 is 0. The molecule has 0 atom stereocenters. The Morgan fingerprint density at radius 2 is 2.20 bits per heavy atom. The molecular formula is C10H12N2O3. The van der Waals surface area contributed by atoms with Crippen LogP contribution in [0.5, 0.6) is 0 Å². The summed E-state index contributed by atoms with van der Waals surface area (Å²) in [7, 11) is 0. The van der Waals surface area contributed by atoms with Gasteiger partial charge >= 0.3 is 11.7 Å². The molecule has 1 fully saturated rings. The average Bonchev–Trinajstić information content (AvgIpc) is 1.97. The molecule has 0 aromatic carbocycles. The lowest BCUT2D eigenvalue weighted by atomic mass is 9.81. The summed E-state index contributed by atoms with van der Waals surface area (Å²) in [6, 6.07) is 0. The molecule has 80 valence electrons. The zero-order valence-corrected chi connectivity index (χ0v) is 8.41. The maximum Gasteiger partial charge on any atom is 0.345 e. The van der Waals surface area contributed by atoms with Gasteiger partial charge in [0.2, 0.25) is 0 Å². The smallest absolute Gasteiger partial charge is 0.345 e. The maximum atomic E-state index is 11.2. The Morgan fingerprint density at radius 1 is 1.53 bits per heavy atom. The van der Waals surface area contributed by atoms with E-state index in [1.165, 1.54) is 0 Å². The number of aromatic nitrogens is 2. The Balaban J connectivity index is 2.58. The van der Waals surface area contributed by atoms with Gasteiger partial charge in [-0.05, 0) is 19.8 Å². The Bertz CT molecular complexity index is 460. The van der Waals surface area contributed by atoms with Crippen LogP contribution in [0, 0.1) is 6.92 Å². The molecule has 1 aromatic rings. The fourth-order valence-electron chi connectivity index (χ4n) is 1.86. The second-order valence-electron chi connectivity index (χ2n) is 3.86. The van der Waals surface area contributed by atoms with Crippen LogP contribution in [0.4, 0.5) is 0 Å². The molecule has 1 heterocycles. The summed E-state index contributed by atoms with van der Waals surface area (Å²) in [5, 5.41) is 9.04. The normalized spacial score (nSPS) is 16.1. The number of carboxylic acid groups (broad SMARTS) is 1. The number of hydrogen-bond acceptors (Lipinski definition) is 3.